The van der Waals surface area contributed by atoms with Crippen LogP contribution in [0.5, 0.6) is 0 Å². The van der Waals surface area contributed by atoms with Crippen molar-refractivity contribution in [1.82, 2.24) is 15.3 Å². The Kier molecular flexibility index (Phi) is 6.25. The molecule has 30 heavy (non-hydrogen) atoms. The second kappa shape index (κ2) is 8.70. The molecule has 2 N–H and O–H groups in total. The molecule has 0 saturated carbocycles. The van der Waals surface area contributed by atoms with Crippen molar-refractivity contribution in [3.63, 3.8) is 0 Å². The highest BCUT2D eigenvalue weighted by atomic mass is 32.2. The van der Waals surface area contributed by atoms with E-state index in [0.29, 0.717) is 11.1 Å². The summed E-state index contributed by atoms with van der Waals surface area (Å²) in [5.74, 6) is -2.24. The van der Waals surface area contributed by atoms with Gasteiger partial charge in [0.15, 0.2) is 0 Å². The predicted molar refractivity (Wildman–Crippen MR) is 108 cm³/mol. The van der Waals surface area contributed by atoms with E-state index in [1.807, 2.05) is 26.0 Å². The zero-order valence-corrected chi connectivity index (χ0v) is 16.8. The normalized spacial score (nSPS) is 11.4. The second-order valence-electron chi connectivity index (χ2n) is 6.48. The summed E-state index contributed by atoms with van der Waals surface area (Å²) in [5, 5.41) is 5.13. The van der Waals surface area contributed by atoms with Crippen LogP contribution in [-0.4, -0.2) is 27.7 Å². The fourth-order valence-corrected chi connectivity index (χ4v) is 3.51. The van der Waals surface area contributed by atoms with Gasteiger partial charge in [-0.15, -0.1) is 0 Å². The molecule has 0 spiro atoms. The molecule has 10 heteroatoms. The molecule has 156 valence electrons. The minimum Gasteiger partial charge on any atom is -0.307 e. The molecule has 6 nitrogen and oxygen atoms in total. The summed E-state index contributed by atoms with van der Waals surface area (Å²) in [7, 11) is 0. The molecule has 0 unspecified atom stereocenters. The number of fused-ring (bicyclic) bond motifs is 1. The quantitative estimate of drug-likeness (QED) is 0.459. The largest absolute Gasteiger partial charge is 0.451 e. The van der Waals surface area contributed by atoms with E-state index >= 15 is 0 Å². The first-order valence-corrected chi connectivity index (χ1v) is 9.77. The van der Waals surface area contributed by atoms with E-state index in [1.165, 1.54) is 6.07 Å². The summed E-state index contributed by atoms with van der Waals surface area (Å²) in [6.45, 7) is 3.73. The van der Waals surface area contributed by atoms with E-state index in [4.69, 9.17) is 0 Å². The maximum Gasteiger partial charge on any atom is 0.451 e. The van der Waals surface area contributed by atoms with Crippen LogP contribution in [0.15, 0.2) is 47.5 Å². The number of hydrogen-bond donors (Lipinski definition) is 2. The van der Waals surface area contributed by atoms with Crippen LogP contribution in [0, 0.1) is 13.8 Å². The fraction of sp³-hybridized carbons (Fsp3) is 0.200. The first-order valence-electron chi connectivity index (χ1n) is 8.78. The summed E-state index contributed by atoms with van der Waals surface area (Å²) in [4.78, 5) is 31.2. The minimum absolute atomic E-state index is 0.0119. The van der Waals surface area contributed by atoms with Gasteiger partial charge < -0.3 is 5.32 Å². The number of imide groups is 1. The van der Waals surface area contributed by atoms with Gasteiger partial charge in [-0.2, -0.15) is 13.2 Å². The number of thioether (sulfide) groups is 1. The molecule has 0 saturated heterocycles. The minimum atomic E-state index is -4.71. The number of benzene rings is 2. The van der Waals surface area contributed by atoms with Crippen LogP contribution in [0.2, 0.25) is 0 Å². The number of alkyl halides is 3. The van der Waals surface area contributed by atoms with Gasteiger partial charge in [0.2, 0.25) is 11.7 Å². The molecule has 0 aliphatic rings. The SMILES string of the molecule is Cc1ccc(NC(=O)NC(=O)CSc2nc(C(F)(F)F)nc3ccccc23)c(C)c1. The molecule has 3 rings (SSSR count). The molecule has 3 amide bonds. The van der Waals surface area contributed by atoms with E-state index in [9.17, 15) is 22.8 Å². The molecule has 0 bridgehead atoms. The molecule has 0 atom stereocenters. The molecule has 0 aliphatic carbocycles. The van der Waals surface area contributed by atoms with Crippen LogP contribution in [0.1, 0.15) is 17.0 Å². The van der Waals surface area contributed by atoms with Gasteiger partial charge in [0.05, 0.1) is 11.3 Å². The maximum atomic E-state index is 13.1. The van der Waals surface area contributed by atoms with Gasteiger partial charge in [-0.1, -0.05) is 47.7 Å². The smallest absolute Gasteiger partial charge is 0.307 e. The maximum absolute atomic E-state index is 13.1. The molecule has 0 fully saturated rings. The summed E-state index contributed by atoms with van der Waals surface area (Å²) >= 11 is 0.799. The highest BCUT2D eigenvalue weighted by Crippen LogP contribution is 2.31. The number of anilines is 1. The average Bonchev–Trinajstić information content (AvgIpc) is 2.67. The number of halogens is 3. The van der Waals surface area contributed by atoms with Gasteiger partial charge in [0.1, 0.15) is 5.03 Å². The topological polar surface area (TPSA) is 84.0 Å². The lowest BCUT2D eigenvalue weighted by Gasteiger charge is -2.11. The van der Waals surface area contributed by atoms with Crippen LogP contribution in [0.3, 0.4) is 0 Å². The summed E-state index contributed by atoms with van der Waals surface area (Å²) in [6.07, 6.45) is -4.71. The number of carbonyl (C=O) groups is 2. The van der Waals surface area contributed by atoms with Crippen molar-refractivity contribution in [2.75, 3.05) is 11.1 Å². The Morgan fingerprint density at radius 3 is 2.50 bits per heavy atom. The number of para-hydroxylation sites is 1. The average molecular weight is 434 g/mol. The van der Waals surface area contributed by atoms with Crippen molar-refractivity contribution < 1.29 is 22.8 Å². The van der Waals surface area contributed by atoms with E-state index in [0.717, 1.165) is 22.9 Å². The van der Waals surface area contributed by atoms with Crippen molar-refractivity contribution in [3.8, 4) is 0 Å². The number of aryl methyl sites for hydroxylation is 2. The Balaban J connectivity index is 1.68. The van der Waals surface area contributed by atoms with E-state index in [2.05, 4.69) is 20.6 Å². The monoisotopic (exact) mass is 434 g/mol. The third-order valence-electron chi connectivity index (χ3n) is 4.04. The van der Waals surface area contributed by atoms with Crippen molar-refractivity contribution in [3.05, 3.63) is 59.4 Å². The number of carbonyl (C=O) groups excluding carboxylic acids is 2. The number of nitrogens with zero attached hydrogens (tertiary/aromatic N) is 2. The summed E-state index contributed by atoms with van der Waals surface area (Å²) in [6, 6.07) is 10.9. The van der Waals surface area contributed by atoms with Crippen LogP contribution >= 0.6 is 11.8 Å². The van der Waals surface area contributed by atoms with Crippen molar-refractivity contribution in [2.45, 2.75) is 25.0 Å². The zero-order chi connectivity index (χ0) is 21.9. The predicted octanol–water partition coefficient (Wildman–Crippen LogP) is 4.71. The molecule has 1 heterocycles. The van der Waals surface area contributed by atoms with Crippen LogP contribution in [-0.2, 0) is 11.0 Å². The molecule has 0 aliphatic heterocycles. The zero-order valence-electron chi connectivity index (χ0n) is 16.0. The summed E-state index contributed by atoms with van der Waals surface area (Å²) < 4.78 is 39.2. The first kappa shape index (κ1) is 21.6. The van der Waals surface area contributed by atoms with Gasteiger partial charge in [0.25, 0.3) is 0 Å². The van der Waals surface area contributed by atoms with Crippen molar-refractivity contribution in [2.24, 2.45) is 0 Å². The lowest BCUT2D eigenvalue weighted by molar-refractivity contribution is -0.145. The third-order valence-corrected chi connectivity index (χ3v) is 5.04. The van der Waals surface area contributed by atoms with Crippen LogP contribution in [0.4, 0.5) is 23.7 Å². The van der Waals surface area contributed by atoms with Crippen LogP contribution in [0.25, 0.3) is 10.9 Å². The van der Waals surface area contributed by atoms with E-state index in [-0.39, 0.29) is 16.3 Å². The van der Waals surface area contributed by atoms with Crippen molar-refractivity contribution >= 4 is 40.3 Å². The molecule has 3 aromatic rings. The molecular weight excluding hydrogens is 417 g/mol. The van der Waals surface area contributed by atoms with Gasteiger partial charge in [-0.3, -0.25) is 10.1 Å². The molecule has 1 aromatic heterocycles. The number of hydrogen-bond acceptors (Lipinski definition) is 5. The van der Waals surface area contributed by atoms with E-state index < -0.39 is 23.9 Å². The van der Waals surface area contributed by atoms with Crippen LogP contribution < -0.4 is 10.6 Å². The Morgan fingerprint density at radius 2 is 1.80 bits per heavy atom. The summed E-state index contributed by atoms with van der Waals surface area (Å²) in [5.41, 5.74) is 2.53. The standard InChI is InChI=1S/C20H17F3N4O2S/c1-11-7-8-14(12(2)9-11)25-19(29)26-16(28)10-30-17-13-5-3-4-6-15(13)24-18(27-17)20(21,22)23/h3-9H,10H2,1-2H3,(H2,25,26,28,29). The third kappa shape index (κ3) is 5.26. The number of amides is 3. The lowest BCUT2D eigenvalue weighted by atomic mass is 10.1. The molecule has 2 aromatic carbocycles. The number of urea groups is 1. The second-order valence-corrected chi connectivity index (χ2v) is 7.44. The van der Waals surface area contributed by atoms with Gasteiger partial charge >= 0.3 is 12.2 Å². The Morgan fingerprint density at radius 1 is 1.07 bits per heavy atom. The fourth-order valence-electron chi connectivity index (χ4n) is 2.69. The van der Waals surface area contributed by atoms with E-state index in [1.54, 1.807) is 24.3 Å². The lowest BCUT2D eigenvalue weighted by Crippen LogP contribution is -2.35. The Bertz CT molecular complexity index is 1120. The number of nitrogens with one attached hydrogen (secondary N) is 2. The van der Waals surface area contributed by atoms with Crippen molar-refractivity contribution in [1.29, 1.82) is 0 Å². The Hall–Kier alpha value is -3.14. The molecule has 0 radical (unpaired) electrons. The molecular formula is C20H17F3N4O2S. The number of aromatic nitrogens is 2. The van der Waals surface area contributed by atoms with Gasteiger partial charge in [0, 0.05) is 11.1 Å². The van der Waals surface area contributed by atoms with Gasteiger partial charge in [-0.05, 0) is 31.5 Å². The van der Waals surface area contributed by atoms with Gasteiger partial charge in [-0.25, -0.2) is 14.8 Å². The first-order chi connectivity index (χ1) is 14.1. The highest BCUT2D eigenvalue weighted by molar-refractivity contribution is 8.00. The number of rotatable bonds is 4. The Labute approximate surface area is 174 Å². The highest BCUT2D eigenvalue weighted by Gasteiger charge is 2.35.